The number of fused-ring (bicyclic) bond motifs is 1. The van der Waals surface area contributed by atoms with Gasteiger partial charge in [-0.3, -0.25) is 19.5 Å². The minimum atomic E-state index is -0.402. The highest BCUT2D eigenvalue weighted by Gasteiger charge is 2.38. The van der Waals surface area contributed by atoms with Gasteiger partial charge in [-0.2, -0.15) is 5.10 Å². The van der Waals surface area contributed by atoms with Gasteiger partial charge >= 0.3 is 0 Å². The van der Waals surface area contributed by atoms with E-state index in [9.17, 15) is 14.0 Å². The van der Waals surface area contributed by atoms with E-state index in [2.05, 4.69) is 10.3 Å². The van der Waals surface area contributed by atoms with Gasteiger partial charge in [0, 0.05) is 17.3 Å². The molecule has 228 valence electrons. The highest BCUT2D eigenvalue weighted by atomic mass is 32.2. The average molecular weight is 624 g/mol. The van der Waals surface area contributed by atoms with Crippen LogP contribution >= 0.6 is 11.8 Å². The number of ether oxygens (including phenoxy) is 2. The first-order valence-corrected chi connectivity index (χ1v) is 15.3. The van der Waals surface area contributed by atoms with Crippen molar-refractivity contribution >= 4 is 29.4 Å². The van der Waals surface area contributed by atoms with E-state index in [1.54, 1.807) is 43.3 Å². The first kappa shape index (κ1) is 29.9. The Hall–Kier alpha value is -5.16. The summed E-state index contributed by atoms with van der Waals surface area (Å²) in [5.74, 6) is 0.629. The number of hydrogen-bond acceptors (Lipinski definition) is 7. The Balaban J connectivity index is 1.53. The van der Waals surface area contributed by atoms with E-state index in [4.69, 9.17) is 14.6 Å². The summed E-state index contributed by atoms with van der Waals surface area (Å²) in [5.41, 5.74) is 4.31. The molecule has 0 saturated heterocycles. The first-order valence-electron chi connectivity index (χ1n) is 14.2. The maximum absolute atomic E-state index is 14.1. The molecule has 5 aromatic rings. The molecule has 1 aliphatic heterocycles. The Morgan fingerprint density at radius 1 is 0.978 bits per heavy atom. The number of carbonyl (C=O) groups is 2. The molecule has 2 aromatic heterocycles. The van der Waals surface area contributed by atoms with Crippen molar-refractivity contribution in [1.82, 2.24) is 20.1 Å². The van der Waals surface area contributed by atoms with Crippen LogP contribution in [-0.2, 0) is 16.1 Å². The normalized spacial score (nSPS) is 14.4. The Kier molecular flexibility index (Phi) is 8.79. The number of anilines is 1. The number of amides is 2. The molecular formula is C34H30FN5O4S. The summed E-state index contributed by atoms with van der Waals surface area (Å²) in [5, 5.41) is 7.53. The summed E-state index contributed by atoms with van der Waals surface area (Å²) in [7, 11) is 3.15. The van der Waals surface area contributed by atoms with E-state index in [0.29, 0.717) is 34.4 Å². The third kappa shape index (κ3) is 6.25. The van der Waals surface area contributed by atoms with Crippen molar-refractivity contribution in [2.45, 2.75) is 11.8 Å². The molecular weight excluding hydrogens is 593 g/mol. The molecule has 0 fully saturated rings. The van der Waals surface area contributed by atoms with Gasteiger partial charge in [-0.1, -0.05) is 42.5 Å². The van der Waals surface area contributed by atoms with Gasteiger partial charge in [0.05, 0.1) is 48.8 Å². The molecule has 1 N–H and O–H groups in total. The predicted molar refractivity (Wildman–Crippen MR) is 171 cm³/mol. The zero-order chi connectivity index (χ0) is 31.3. The van der Waals surface area contributed by atoms with Crippen molar-refractivity contribution in [2.24, 2.45) is 0 Å². The summed E-state index contributed by atoms with van der Waals surface area (Å²) in [6.07, 6.45) is 1.66. The first-order chi connectivity index (χ1) is 22.0. The monoisotopic (exact) mass is 623 g/mol. The number of benzene rings is 3. The quantitative estimate of drug-likeness (QED) is 0.229. The van der Waals surface area contributed by atoms with Gasteiger partial charge < -0.3 is 14.8 Å². The number of aromatic nitrogens is 3. The number of hydrogen-bond donors (Lipinski definition) is 1. The Morgan fingerprint density at radius 2 is 1.73 bits per heavy atom. The molecule has 3 aromatic carbocycles. The van der Waals surface area contributed by atoms with Crippen LogP contribution in [0.25, 0.3) is 16.9 Å². The number of pyridine rings is 1. The smallest absolute Gasteiger partial charge is 0.240 e. The van der Waals surface area contributed by atoms with Gasteiger partial charge in [-0.15, -0.1) is 11.8 Å². The summed E-state index contributed by atoms with van der Waals surface area (Å²) >= 11 is 1.44. The molecule has 9 nitrogen and oxygen atoms in total. The lowest BCUT2D eigenvalue weighted by Crippen LogP contribution is -2.42. The number of carbonyl (C=O) groups excluding carboxylic acids is 2. The molecule has 0 saturated carbocycles. The van der Waals surface area contributed by atoms with Crippen molar-refractivity contribution in [3.63, 3.8) is 0 Å². The summed E-state index contributed by atoms with van der Waals surface area (Å²) in [6, 6.07) is 26.7. The number of nitrogens with zero attached hydrogens (tertiary/aromatic N) is 4. The lowest BCUT2D eigenvalue weighted by Gasteiger charge is -2.23. The molecule has 2 amide bonds. The predicted octanol–water partition coefficient (Wildman–Crippen LogP) is 5.58. The summed E-state index contributed by atoms with van der Waals surface area (Å²) < 4.78 is 26.8. The van der Waals surface area contributed by atoms with Crippen LogP contribution in [0, 0.1) is 5.82 Å². The van der Waals surface area contributed by atoms with Gasteiger partial charge in [0.2, 0.25) is 11.8 Å². The van der Waals surface area contributed by atoms with Crippen LogP contribution in [-0.4, -0.2) is 53.1 Å². The maximum atomic E-state index is 14.1. The van der Waals surface area contributed by atoms with Crippen molar-refractivity contribution in [3.8, 4) is 28.4 Å². The molecule has 1 aliphatic rings. The van der Waals surface area contributed by atoms with E-state index in [1.807, 2.05) is 60.7 Å². The van der Waals surface area contributed by atoms with Crippen molar-refractivity contribution in [3.05, 3.63) is 120 Å². The second-order valence-corrected chi connectivity index (χ2v) is 11.3. The molecule has 0 bridgehead atoms. The fraction of sp³-hybridized carbons (Fsp3) is 0.176. The number of methoxy groups -OCH3 is 2. The van der Waals surface area contributed by atoms with Crippen molar-refractivity contribution in [1.29, 1.82) is 0 Å². The number of nitrogens with one attached hydrogen (secondary N) is 1. The zero-order valence-electron chi connectivity index (χ0n) is 24.6. The number of thioether (sulfide) groups is 1. The molecule has 0 radical (unpaired) electrons. The standard InChI is InChI=1S/C34H30FN5O4S/c1-43-27-16-11-23(18-28(27)44-2)33-31-32(22-8-4-3-5-9-22)38-40(26-14-12-24(35)13-15-26)34(31)39(30(42)21-45-33)20-29(41)37-19-25-10-6-7-17-36-25/h3-18,33H,19-21H2,1-2H3,(H,37,41). The Bertz CT molecular complexity index is 1820. The van der Waals surface area contributed by atoms with Crippen LogP contribution in [0.5, 0.6) is 11.5 Å². The lowest BCUT2D eigenvalue weighted by atomic mass is 9.99. The van der Waals surface area contributed by atoms with Crippen LogP contribution in [0.15, 0.2) is 97.2 Å². The summed E-state index contributed by atoms with van der Waals surface area (Å²) in [4.78, 5) is 33.1. The largest absolute Gasteiger partial charge is 0.493 e. The van der Waals surface area contributed by atoms with Crippen molar-refractivity contribution < 1.29 is 23.5 Å². The fourth-order valence-corrected chi connectivity index (χ4v) is 6.45. The molecule has 1 atom stereocenters. The molecule has 45 heavy (non-hydrogen) atoms. The highest BCUT2D eigenvalue weighted by Crippen LogP contribution is 2.49. The van der Waals surface area contributed by atoms with Gasteiger partial charge in [-0.25, -0.2) is 9.07 Å². The molecule has 3 heterocycles. The topological polar surface area (TPSA) is 98.6 Å². The highest BCUT2D eigenvalue weighted by molar-refractivity contribution is 8.00. The van der Waals surface area contributed by atoms with E-state index < -0.39 is 5.82 Å². The minimum absolute atomic E-state index is 0.0961. The number of rotatable bonds is 9. The molecule has 6 rings (SSSR count). The van der Waals surface area contributed by atoms with Gasteiger partial charge in [0.25, 0.3) is 0 Å². The van der Waals surface area contributed by atoms with Gasteiger partial charge in [0.15, 0.2) is 11.5 Å². The molecule has 0 aliphatic carbocycles. The molecule has 1 unspecified atom stereocenters. The van der Waals surface area contributed by atoms with E-state index in [0.717, 1.165) is 16.7 Å². The van der Waals surface area contributed by atoms with Crippen LogP contribution in [0.3, 0.4) is 0 Å². The van der Waals surface area contributed by atoms with Gasteiger partial charge in [0.1, 0.15) is 18.2 Å². The van der Waals surface area contributed by atoms with Crippen LogP contribution < -0.4 is 19.7 Å². The maximum Gasteiger partial charge on any atom is 0.240 e. The van der Waals surface area contributed by atoms with Crippen LogP contribution in [0.2, 0.25) is 0 Å². The van der Waals surface area contributed by atoms with E-state index in [1.165, 1.54) is 28.8 Å². The Morgan fingerprint density at radius 3 is 2.44 bits per heavy atom. The lowest BCUT2D eigenvalue weighted by molar-refractivity contribution is -0.123. The SMILES string of the molecule is COc1ccc(C2SCC(=O)N(CC(=O)NCc3ccccn3)c3c2c(-c2ccccc2)nn3-c2ccc(F)cc2)cc1OC. The fourth-order valence-electron chi connectivity index (χ4n) is 5.26. The van der Waals surface area contributed by atoms with Crippen LogP contribution in [0.1, 0.15) is 22.1 Å². The van der Waals surface area contributed by atoms with Gasteiger partial charge in [-0.05, 0) is 54.1 Å². The second kappa shape index (κ2) is 13.2. The third-order valence-electron chi connectivity index (χ3n) is 7.41. The third-order valence-corrected chi connectivity index (χ3v) is 8.67. The summed E-state index contributed by atoms with van der Waals surface area (Å²) in [6.45, 7) is -0.0386. The average Bonchev–Trinajstić information content (AvgIpc) is 3.40. The molecule has 0 spiro atoms. The Labute approximate surface area is 264 Å². The van der Waals surface area contributed by atoms with E-state index in [-0.39, 0.29) is 35.9 Å². The van der Waals surface area contributed by atoms with Crippen LogP contribution in [0.4, 0.5) is 10.2 Å². The number of halogens is 1. The zero-order valence-corrected chi connectivity index (χ0v) is 25.5. The van der Waals surface area contributed by atoms with Crippen molar-refractivity contribution in [2.75, 3.05) is 31.4 Å². The second-order valence-electron chi connectivity index (χ2n) is 10.2. The minimum Gasteiger partial charge on any atom is -0.493 e. The molecule has 11 heteroatoms. The van der Waals surface area contributed by atoms with E-state index >= 15 is 0 Å².